The molecule has 1 aromatic rings. The molecule has 0 saturated carbocycles. The van der Waals surface area contributed by atoms with Crippen molar-refractivity contribution < 1.29 is 19.4 Å². The van der Waals surface area contributed by atoms with Crippen LogP contribution in [-0.2, 0) is 9.53 Å². The van der Waals surface area contributed by atoms with Crippen LogP contribution < -0.4 is 11.1 Å². The molecule has 4 N–H and O–H groups in total. The molecular formula is C11H13ClN2O4. The third-order valence-corrected chi connectivity index (χ3v) is 2.14. The summed E-state index contributed by atoms with van der Waals surface area (Å²) in [6, 6.07) is 4.06. The zero-order valence-corrected chi connectivity index (χ0v) is 10.2. The first-order valence-electron chi connectivity index (χ1n) is 5.14. The lowest BCUT2D eigenvalue weighted by Crippen LogP contribution is -2.20. The molecule has 0 bridgehead atoms. The molecule has 0 spiro atoms. The lowest BCUT2D eigenvalue weighted by atomic mass is 10.2. The minimum Gasteiger partial charge on any atom is -0.478 e. The molecule has 0 radical (unpaired) electrons. The second kappa shape index (κ2) is 6.95. The Labute approximate surface area is 109 Å². The smallest absolute Gasteiger partial charge is 0.335 e. The number of anilines is 1. The van der Waals surface area contributed by atoms with Gasteiger partial charge in [0.05, 0.1) is 12.2 Å². The van der Waals surface area contributed by atoms with Crippen molar-refractivity contribution in [3.8, 4) is 0 Å². The van der Waals surface area contributed by atoms with Crippen molar-refractivity contribution in [1.82, 2.24) is 0 Å². The summed E-state index contributed by atoms with van der Waals surface area (Å²) in [5, 5.41) is 11.5. The Morgan fingerprint density at radius 3 is 2.72 bits per heavy atom. The topological polar surface area (TPSA) is 102 Å². The Hall–Kier alpha value is -1.63. The van der Waals surface area contributed by atoms with E-state index in [2.05, 4.69) is 5.32 Å². The summed E-state index contributed by atoms with van der Waals surface area (Å²) >= 11 is 5.74. The molecule has 0 unspecified atom stereocenters. The van der Waals surface area contributed by atoms with Gasteiger partial charge >= 0.3 is 5.97 Å². The van der Waals surface area contributed by atoms with Gasteiger partial charge in [0.1, 0.15) is 6.61 Å². The SMILES string of the molecule is NCCOCC(=O)Nc1cc(Cl)cc(C(=O)O)c1. The monoisotopic (exact) mass is 272 g/mol. The number of hydrogen-bond donors (Lipinski definition) is 3. The minimum absolute atomic E-state index is 0.000626. The molecule has 98 valence electrons. The molecule has 1 rings (SSSR count). The van der Waals surface area contributed by atoms with E-state index in [1.807, 2.05) is 0 Å². The van der Waals surface area contributed by atoms with Crippen molar-refractivity contribution in [1.29, 1.82) is 0 Å². The Morgan fingerprint density at radius 1 is 1.39 bits per heavy atom. The number of ether oxygens (including phenoxy) is 1. The van der Waals surface area contributed by atoms with Gasteiger partial charge in [-0.2, -0.15) is 0 Å². The van der Waals surface area contributed by atoms with Crippen LogP contribution in [0.4, 0.5) is 5.69 Å². The molecule has 0 aliphatic rings. The predicted molar refractivity (Wildman–Crippen MR) is 66.9 cm³/mol. The fourth-order valence-electron chi connectivity index (χ4n) is 1.23. The molecule has 7 heteroatoms. The summed E-state index contributed by atoms with van der Waals surface area (Å²) in [5.41, 5.74) is 5.51. The van der Waals surface area contributed by atoms with Crippen molar-refractivity contribution >= 4 is 29.2 Å². The highest BCUT2D eigenvalue weighted by atomic mass is 35.5. The van der Waals surface area contributed by atoms with Gasteiger partial charge < -0.3 is 20.9 Å². The summed E-state index contributed by atoms with van der Waals surface area (Å²) in [6.45, 7) is 0.461. The lowest BCUT2D eigenvalue weighted by molar-refractivity contribution is -0.120. The standard InChI is InChI=1S/C11H13ClN2O4/c12-8-3-7(11(16)17)4-9(5-8)14-10(15)6-18-2-1-13/h3-5H,1-2,6,13H2,(H,14,15)(H,16,17). The Bertz CT molecular complexity index is 451. The molecule has 0 fully saturated rings. The number of nitrogens with one attached hydrogen (secondary N) is 1. The first kappa shape index (κ1) is 14.4. The number of halogens is 1. The highest BCUT2D eigenvalue weighted by molar-refractivity contribution is 6.31. The fraction of sp³-hybridized carbons (Fsp3) is 0.273. The maximum Gasteiger partial charge on any atom is 0.335 e. The number of rotatable bonds is 6. The number of carboxylic acid groups (broad SMARTS) is 1. The van der Waals surface area contributed by atoms with Crippen molar-refractivity contribution in [3.05, 3.63) is 28.8 Å². The first-order chi connectivity index (χ1) is 8.52. The Balaban J connectivity index is 2.66. The number of aromatic carboxylic acids is 1. The largest absolute Gasteiger partial charge is 0.478 e. The predicted octanol–water partition coefficient (Wildman–Crippen LogP) is 0.952. The van der Waals surface area contributed by atoms with Gasteiger partial charge in [0, 0.05) is 17.3 Å². The number of carbonyl (C=O) groups excluding carboxylic acids is 1. The normalized spacial score (nSPS) is 10.1. The van der Waals surface area contributed by atoms with E-state index in [1.165, 1.54) is 18.2 Å². The zero-order chi connectivity index (χ0) is 13.5. The summed E-state index contributed by atoms with van der Waals surface area (Å²) in [5.74, 6) is -1.52. The summed E-state index contributed by atoms with van der Waals surface area (Å²) in [4.78, 5) is 22.2. The molecule has 0 atom stereocenters. The van der Waals surface area contributed by atoms with Crippen LogP contribution in [0.15, 0.2) is 18.2 Å². The zero-order valence-electron chi connectivity index (χ0n) is 9.48. The fourth-order valence-corrected chi connectivity index (χ4v) is 1.47. The van der Waals surface area contributed by atoms with E-state index in [0.29, 0.717) is 12.2 Å². The summed E-state index contributed by atoms with van der Waals surface area (Å²) < 4.78 is 4.94. The number of carboxylic acids is 1. The second-order valence-corrected chi connectivity index (χ2v) is 3.86. The van der Waals surface area contributed by atoms with Crippen LogP contribution in [-0.4, -0.2) is 36.7 Å². The molecule has 0 aliphatic heterocycles. The van der Waals surface area contributed by atoms with Gasteiger partial charge in [0.15, 0.2) is 0 Å². The van der Waals surface area contributed by atoms with Gasteiger partial charge in [0.25, 0.3) is 0 Å². The average molecular weight is 273 g/mol. The van der Waals surface area contributed by atoms with Gasteiger partial charge in [-0.1, -0.05) is 11.6 Å². The highest BCUT2D eigenvalue weighted by Gasteiger charge is 2.08. The van der Waals surface area contributed by atoms with Gasteiger partial charge in [-0.05, 0) is 18.2 Å². The van der Waals surface area contributed by atoms with E-state index in [9.17, 15) is 9.59 Å². The molecule has 0 heterocycles. The number of nitrogens with two attached hydrogens (primary N) is 1. The molecule has 1 amide bonds. The number of carbonyl (C=O) groups is 2. The highest BCUT2D eigenvalue weighted by Crippen LogP contribution is 2.19. The lowest BCUT2D eigenvalue weighted by Gasteiger charge is -2.07. The molecule has 0 saturated heterocycles. The quantitative estimate of drug-likeness (QED) is 0.669. The maximum atomic E-state index is 11.4. The van der Waals surface area contributed by atoms with E-state index in [-0.39, 0.29) is 23.8 Å². The van der Waals surface area contributed by atoms with Crippen LogP contribution in [0, 0.1) is 0 Å². The van der Waals surface area contributed by atoms with Gasteiger partial charge in [-0.25, -0.2) is 4.79 Å². The van der Waals surface area contributed by atoms with Crippen molar-refractivity contribution in [2.24, 2.45) is 5.73 Å². The second-order valence-electron chi connectivity index (χ2n) is 3.42. The van der Waals surface area contributed by atoms with E-state index in [1.54, 1.807) is 0 Å². The number of hydrogen-bond acceptors (Lipinski definition) is 4. The van der Waals surface area contributed by atoms with Gasteiger partial charge in [-0.15, -0.1) is 0 Å². The average Bonchev–Trinajstić information content (AvgIpc) is 2.28. The Morgan fingerprint density at radius 2 is 2.11 bits per heavy atom. The molecule has 18 heavy (non-hydrogen) atoms. The Kier molecular flexibility index (Phi) is 5.57. The van der Waals surface area contributed by atoms with Gasteiger partial charge in [0.2, 0.25) is 5.91 Å². The number of amides is 1. The van der Waals surface area contributed by atoms with Crippen LogP contribution in [0.3, 0.4) is 0 Å². The molecule has 0 aliphatic carbocycles. The van der Waals surface area contributed by atoms with Crippen LogP contribution in [0.5, 0.6) is 0 Å². The maximum absolute atomic E-state index is 11.4. The van der Waals surface area contributed by atoms with Crippen molar-refractivity contribution in [2.75, 3.05) is 25.1 Å². The van der Waals surface area contributed by atoms with Crippen LogP contribution >= 0.6 is 11.6 Å². The third kappa shape index (κ3) is 4.70. The van der Waals surface area contributed by atoms with E-state index >= 15 is 0 Å². The van der Waals surface area contributed by atoms with Gasteiger partial charge in [-0.3, -0.25) is 4.79 Å². The van der Waals surface area contributed by atoms with Crippen LogP contribution in [0.1, 0.15) is 10.4 Å². The first-order valence-corrected chi connectivity index (χ1v) is 5.52. The number of benzene rings is 1. The molecule has 0 aromatic heterocycles. The van der Waals surface area contributed by atoms with E-state index in [4.69, 9.17) is 27.2 Å². The molecule has 1 aromatic carbocycles. The summed E-state index contributed by atoms with van der Waals surface area (Å²) in [7, 11) is 0. The van der Waals surface area contributed by atoms with E-state index in [0.717, 1.165) is 0 Å². The molecule has 6 nitrogen and oxygen atoms in total. The van der Waals surface area contributed by atoms with Crippen molar-refractivity contribution in [3.63, 3.8) is 0 Å². The minimum atomic E-state index is -1.12. The van der Waals surface area contributed by atoms with Crippen LogP contribution in [0.25, 0.3) is 0 Å². The summed E-state index contributed by atoms with van der Waals surface area (Å²) in [6.07, 6.45) is 0. The third-order valence-electron chi connectivity index (χ3n) is 1.92. The van der Waals surface area contributed by atoms with Crippen molar-refractivity contribution in [2.45, 2.75) is 0 Å². The van der Waals surface area contributed by atoms with Crippen LogP contribution in [0.2, 0.25) is 5.02 Å². The molecular weight excluding hydrogens is 260 g/mol. The van der Waals surface area contributed by atoms with E-state index < -0.39 is 11.9 Å².